The zero-order valence-corrected chi connectivity index (χ0v) is 13.9. The third-order valence-electron chi connectivity index (χ3n) is 4.71. The summed E-state index contributed by atoms with van der Waals surface area (Å²) in [6, 6.07) is 10.1. The number of halogens is 1. The normalized spacial score (nSPS) is 20.9. The third-order valence-corrected chi connectivity index (χ3v) is 4.71. The van der Waals surface area contributed by atoms with E-state index in [-0.39, 0.29) is 17.6 Å². The summed E-state index contributed by atoms with van der Waals surface area (Å²) >= 11 is 0. The predicted molar refractivity (Wildman–Crippen MR) is 93.7 cm³/mol. The number of anilines is 1. The van der Waals surface area contributed by atoms with Crippen LogP contribution in [0.5, 0.6) is 5.75 Å². The fourth-order valence-electron chi connectivity index (χ4n) is 3.38. The van der Waals surface area contributed by atoms with E-state index in [9.17, 15) is 14.0 Å². The Labute approximate surface area is 149 Å². The molecule has 4 rings (SSSR count). The molecular formula is C19H18FN3O3. The minimum Gasteiger partial charge on any atom is -0.493 e. The van der Waals surface area contributed by atoms with Crippen LogP contribution in [0.25, 0.3) is 0 Å². The van der Waals surface area contributed by atoms with Crippen LogP contribution in [-0.2, 0) is 11.2 Å². The Morgan fingerprint density at radius 3 is 2.81 bits per heavy atom. The van der Waals surface area contributed by atoms with Gasteiger partial charge in [0.05, 0.1) is 6.61 Å². The average Bonchev–Trinajstić information content (AvgIpc) is 3.23. The van der Waals surface area contributed by atoms with Crippen molar-refractivity contribution in [2.75, 3.05) is 18.5 Å². The van der Waals surface area contributed by atoms with Gasteiger partial charge in [0, 0.05) is 24.6 Å². The third kappa shape index (κ3) is 3.20. The number of fused-ring (bicyclic) bond motifs is 1. The molecule has 2 aromatic rings. The van der Waals surface area contributed by atoms with Gasteiger partial charge in [-0.15, -0.1) is 0 Å². The highest BCUT2D eigenvalue weighted by atomic mass is 19.1. The molecule has 2 aromatic carbocycles. The SMILES string of the molecule is O=C(Nc1ccc(F)cc1)N[C@@H]1C(=O)NC[C@H]1c1ccc2c(c1)CCO2. The van der Waals surface area contributed by atoms with Gasteiger partial charge in [-0.05, 0) is 41.5 Å². The molecule has 0 spiro atoms. The molecule has 134 valence electrons. The molecule has 3 N–H and O–H groups in total. The zero-order valence-electron chi connectivity index (χ0n) is 13.9. The minimum absolute atomic E-state index is 0.160. The maximum atomic E-state index is 12.9. The van der Waals surface area contributed by atoms with Gasteiger partial charge in [0.25, 0.3) is 0 Å². The van der Waals surface area contributed by atoms with Gasteiger partial charge in [0.15, 0.2) is 0 Å². The monoisotopic (exact) mass is 355 g/mol. The molecule has 7 heteroatoms. The molecule has 1 fully saturated rings. The molecule has 0 saturated carbocycles. The summed E-state index contributed by atoms with van der Waals surface area (Å²) in [4.78, 5) is 24.4. The summed E-state index contributed by atoms with van der Waals surface area (Å²) < 4.78 is 18.5. The van der Waals surface area contributed by atoms with Gasteiger partial charge in [-0.2, -0.15) is 0 Å². The van der Waals surface area contributed by atoms with Crippen molar-refractivity contribution >= 4 is 17.6 Å². The summed E-state index contributed by atoms with van der Waals surface area (Å²) in [5.74, 6) is 0.116. The predicted octanol–water partition coefficient (Wildman–Crippen LogP) is 2.16. The van der Waals surface area contributed by atoms with Crippen LogP contribution in [0.4, 0.5) is 14.9 Å². The fourth-order valence-corrected chi connectivity index (χ4v) is 3.38. The number of urea groups is 1. The van der Waals surface area contributed by atoms with Crippen LogP contribution in [0.1, 0.15) is 17.0 Å². The minimum atomic E-state index is -0.671. The topological polar surface area (TPSA) is 79.5 Å². The summed E-state index contributed by atoms with van der Waals surface area (Å²) in [5.41, 5.74) is 2.56. The Balaban J connectivity index is 1.47. The number of rotatable bonds is 3. The molecular weight excluding hydrogens is 337 g/mol. The number of carbonyl (C=O) groups excluding carboxylic acids is 2. The van der Waals surface area contributed by atoms with Gasteiger partial charge in [-0.3, -0.25) is 4.79 Å². The van der Waals surface area contributed by atoms with Crippen molar-refractivity contribution < 1.29 is 18.7 Å². The number of benzene rings is 2. The Morgan fingerprint density at radius 2 is 2.00 bits per heavy atom. The smallest absolute Gasteiger partial charge is 0.319 e. The molecule has 6 nitrogen and oxygen atoms in total. The van der Waals surface area contributed by atoms with Gasteiger partial charge in [0.2, 0.25) is 5.91 Å². The standard InChI is InChI=1S/C19H18FN3O3/c20-13-2-4-14(5-3-13)22-19(25)23-17-15(10-21-18(17)24)11-1-6-16-12(9-11)7-8-26-16/h1-6,9,15,17H,7-8,10H2,(H,21,24)(H2,22,23,25)/t15-,17-/m0/s1. The van der Waals surface area contributed by atoms with Gasteiger partial charge in [-0.25, -0.2) is 9.18 Å². The lowest BCUT2D eigenvalue weighted by Crippen LogP contribution is -2.44. The van der Waals surface area contributed by atoms with E-state index in [0.717, 1.165) is 23.3 Å². The van der Waals surface area contributed by atoms with E-state index in [2.05, 4.69) is 16.0 Å². The highest BCUT2D eigenvalue weighted by molar-refractivity contribution is 5.95. The number of nitrogens with one attached hydrogen (secondary N) is 3. The van der Waals surface area contributed by atoms with Crippen LogP contribution in [0.2, 0.25) is 0 Å². The lowest BCUT2D eigenvalue weighted by atomic mass is 9.92. The first-order valence-corrected chi connectivity index (χ1v) is 8.46. The van der Waals surface area contributed by atoms with E-state index in [1.165, 1.54) is 24.3 Å². The molecule has 0 radical (unpaired) electrons. The van der Waals surface area contributed by atoms with Crippen molar-refractivity contribution in [2.24, 2.45) is 0 Å². The van der Waals surface area contributed by atoms with Crippen LogP contribution >= 0.6 is 0 Å². The second-order valence-electron chi connectivity index (χ2n) is 6.40. The maximum absolute atomic E-state index is 12.9. The van der Waals surface area contributed by atoms with Crippen molar-refractivity contribution in [1.82, 2.24) is 10.6 Å². The van der Waals surface area contributed by atoms with Gasteiger partial charge in [-0.1, -0.05) is 12.1 Å². The van der Waals surface area contributed by atoms with E-state index in [1.54, 1.807) is 0 Å². The Kier molecular flexibility index (Phi) is 4.20. The van der Waals surface area contributed by atoms with Crippen molar-refractivity contribution in [3.05, 3.63) is 59.4 Å². The Hall–Kier alpha value is -3.09. The first kappa shape index (κ1) is 16.4. The van der Waals surface area contributed by atoms with Crippen molar-refractivity contribution in [3.8, 4) is 5.75 Å². The van der Waals surface area contributed by atoms with Crippen molar-refractivity contribution in [3.63, 3.8) is 0 Å². The molecule has 0 aromatic heterocycles. The van der Waals surface area contributed by atoms with Gasteiger partial charge in [0.1, 0.15) is 17.6 Å². The van der Waals surface area contributed by atoms with Crippen molar-refractivity contribution in [1.29, 1.82) is 0 Å². The van der Waals surface area contributed by atoms with Crippen LogP contribution < -0.4 is 20.7 Å². The van der Waals surface area contributed by atoms with E-state index in [1.807, 2.05) is 18.2 Å². The number of carbonyl (C=O) groups is 2. The molecule has 0 bridgehead atoms. The lowest BCUT2D eigenvalue weighted by Gasteiger charge is -2.19. The van der Waals surface area contributed by atoms with Crippen molar-refractivity contribution in [2.45, 2.75) is 18.4 Å². The van der Waals surface area contributed by atoms with Crippen LogP contribution in [-0.4, -0.2) is 31.1 Å². The molecule has 2 atom stereocenters. The molecule has 1 saturated heterocycles. The molecule has 2 heterocycles. The van der Waals surface area contributed by atoms with Crippen LogP contribution in [0.3, 0.4) is 0 Å². The van der Waals surface area contributed by atoms with E-state index >= 15 is 0 Å². The summed E-state index contributed by atoms with van der Waals surface area (Å²) in [5, 5.41) is 8.13. The second kappa shape index (κ2) is 6.67. The lowest BCUT2D eigenvalue weighted by molar-refractivity contribution is -0.120. The summed E-state index contributed by atoms with van der Waals surface area (Å²) in [7, 11) is 0. The zero-order chi connectivity index (χ0) is 18.1. The van der Waals surface area contributed by atoms with E-state index in [0.29, 0.717) is 18.8 Å². The molecule has 0 aliphatic carbocycles. The van der Waals surface area contributed by atoms with Crippen LogP contribution in [0, 0.1) is 5.82 Å². The molecule has 26 heavy (non-hydrogen) atoms. The van der Waals surface area contributed by atoms with E-state index < -0.39 is 12.1 Å². The highest BCUT2D eigenvalue weighted by Gasteiger charge is 2.37. The first-order valence-electron chi connectivity index (χ1n) is 8.46. The maximum Gasteiger partial charge on any atom is 0.319 e. The highest BCUT2D eigenvalue weighted by Crippen LogP contribution is 2.31. The van der Waals surface area contributed by atoms with E-state index in [4.69, 9.17) is 4.74 Å². The molecule has 2 aliphatic heterocycles. The molecule has 3 amide bonds. The Morgan fingerprint density at radius 1 is 1.19 bits per heavy atom. The second-order valence-corrected chi connectivity index (χ2v) is 6.40. The number of hydrogen-bond donors (Lipinski definition) is 3. The number of hydrogen-bond acceptors (Lipinski definition) is 3. The fraction of sp³-hybridized carbons (Fsp3) is 0.263. The first-order chi connectivity index (χ1) is 12.6. The number of amides is 3. The summed E-state index contributed by atoms with van der Waals surface area (Å²) in [6.45, 7) is 1.13. The summed E-state index contributed by atoms with van der Waals surface area (Å²) in [6.07, 6.45) is 0.848. The largest absolute Gasteiger partial charge is 0.493 e. The Bertz CT molecular complexity index is 854. The van der Waals surface area contributed by atoms with Crippen LogP contribution in [0.15, 0.2) is 42.5 Å². The van der Waals surface area contributed by atoms with Gasteiger partial charge < -0.3 is 20.7 Å². The average molecular weight is 355 g/mol. The quantitative estimate of drug-likeness (QED) is 0.789. The molecule has 0 unspecified atom stereocenters. The molecule has 2 aliphatic rings. The number of ether oxygens (including phenoxy) is 1. The van der Waals surface area contributed by atoms with Gasteiger partial charge >= 0.3 is 6.03 Å².